The van der Waals surface area contributed by atoms with E-state index in [4.69, 9.17) is 16.3 Å². The fourth-order valence-corrected chi connectivity index (χ4v) is 2.01. The lowest BCUT2D eigenvalue weighted by molar-refractivity contribution is -0.385. The number of halogens is 2. The molecule has 0 saturated heterocycles. The average molecular weight is 311 g/mol. The maximum atomic E-state index is 13.6. The Morgan fingerprint density at radius 1 is 1.33 bits per heavy atom. The molecule has 2 rings (SSSR count). The van der Waals surface area contributed by atoms with Gasteiger partial charge in [-0.3, -0.25) is 10.1 Å². The molecule has 0 unspecified atom stereocenters. The molecule has 2 aromatic rings. The third-order valence-electron chi connectivity index (χ3n) is 2.87. The molecule has 0 atom stereocenters. The zero-order valence-electron chi connectivity index (χ0n) is 11.1. The molecule has 21 heavy (non-hydrogen) atoms. The summed E-state index contributed by atoms with van der Waals surface area (Å²) in [6, 6.07) is 8.67. The van der Waals surface area contributed by atoms with Gasteiger partial charge in [0.1, 0.15) is 5.82 Å². The fourth-order valence-electron chi connectivity index (χ4n) is 1.82. The highest BCUT2D eigenvalue weighted by atomic mass is 35.5. The summed E-state index contributed by atoms with van der Waals surface area (Å²) in [6.07, 6.45) is 0. The van der Waals surface area contributed by atoms with Crippen molar-refractivity contribution in [3.63, 3.8) is 0 Å². The van der Waals surface area contributed by atoms with Crippen LogP contribution in [0.1, 0.15) is 5.56 Å². The number of methoxy groups -OCH3 is 1. The molecule has 0 spiro atoms. The van der Waals surface area contributed by atoms with Crippen LogP contribution in [0.4, 0.5) is 15.8 Å². The number of hydrogen-bond donors (Lipinski definition) is 1. The standard InChI is InChI=1S/C14H12ClFN2O3/c1-21-14-5-3-11(7-13(14)18(19)20)17-8-9-6-10(15)2-4-12(9)16/h2-7,17H,8H2,1H3. The maximum absolute atomic E-state index is 13.6. The van der Waals surface area contributed by atoms with E-state index in [0.717, 1.165) is 0 Å². The molecule has 0 heterocycles. The smallest absolute Gasteiger partial charge is 0.312 e. The topological polar surface area (TPSA) is 64.4 Å². The Hall–Kier alpha value is -2.34. The Balaban J connectivity index is 2.18. The van der Waals surface area contributed by atoms with Crippen LogP contribution < -0.4 is 10.1 Å². The molecule has 0 aliphatic carbocycles. The lowest BCUT2D eigenvalue weighted by Gasteiger charge is -2.09. The van der Waals surface area contributed by atoms with Gasteiger partial charge in [0.2, 0.25) is 0 Å². The molecule has 0 radical (unpaired) electrons. The number of nitro groups is 1. The minimum Gasteiger partial charge on any atom is -0.490 e. The van der Waals surface area contributed by atoms with Crippen molar-refractivity contribution >= 4 is 23.0 Å². The van der Waals surface area contributed by atoms with Gasteiger partial charge in [0.05, 0.1) is 12.0 Å². The molecule has 0 saturated carbocycles. The zero-order valence-corrected chi connectivity index (χ0v) is 11.9. The summed E-state index contributed by atoms with van der Waals surface area (Å²) in [5, 5.41) is 14.3. The molecule has 110 valence electrons. The van der Waals surface area contributed by atoms with Crippen molar-refractivity contribution in [1.82, 2.24) is 0 Å². The van der Waals surface area contributed by atoms with Gasteiger partial charge in [-0.15, -0.1) is 0 Å². The van der Waals surface area contributed by atoms with Gasteiger partial charge >= 0.3 is 5.69 Å². The summed E-state index contributed by atoms with van der Waals surface area (Å²) in [6.45, 7) is 0.163. The number of rotatable bonds is 5. The second kappa shape index (κ2) is 6.41. The van der Waals surface area contributed by atoms with Crippen molar-refractivity contribution < 1.29 is 14.1 Å². The Kier molecular flexibility index (Phi) is 4.59. The van der Waals surface area contributed by atoms with Crippen LogP contribution >= 0.6 is 11.6 Å². The predicted molar refractivity (Wildman–Crippen MR) is 78.4 cm³/mol. The maximum Gasteiger partial charge on any atom is 0.312 e. The summed E-state index contributed by atoms with van der Waals surface area (Å²) in [5.74, 6) is -0.227. The minimum atomic E-state index is -0.538. The second-order valence-corrected chi connectivity index (χ2v) is 4.67. The summed E-state index contributed by atoms with van der Waals surface area (Å²) in [5.41, 5.74) is 0.705. The number of nitro benzene ring substituents is 1. The van der Waals surface area contributed by atoms with Gasteiger partial charge in [0.15, 0.2) is 5.75 Å². The number of ether oxygens (including phenoxy) is 1. The zero-order chi connectivity index (χ0) is 15.4. The summed E-state index contributed by atoms with van der Waals surface area (Å²) < 4.78 is 18.5. The molecule has 5 nitrogen and oxygen atoms in total. The number of benzene rings is 2. The van der Waals surface area contributed by atoms with Gasteiger partial charge in [-0.05, 0) is 30.3 Å². The minimum absolute atomic E-state index is 0.158. The van der Waals surface area contributed by atoms with E-state index in [9.17, 15) is 14.5 Å². The summed E-state index contributed by atoms with van der Waals surface area (Å²) in [7, 11) is 1.36. The quantitative estimate of drug-likeness (QED) is 0.669. The van der Waals surface area contributed by atoms with Gasteiger partial charge in [-0.25, -0.2) is 4.39 Å². The van der Waals surface area contributed by atoms with E-state index >= 15 is 0 Å². The molecule has 7 heteroatoms. The third kappa shape index (κ3) is 3.61. The first-order chi connectivity index (χ1) is 10.0. The normalized spacial score (nSPS) is 10.2. The Morgan fingerprint density at radius 3 is 2.76 bits per heavy atom. The SMILES string of the molecule is COc1ccc(NCc2cc(Cl)ccc2F)cc1[N+](=O)[O-]. The highest BCUT2D eigenvalue weighted by Gasteiger charge is 2.15. The van der Waals surface area contributed by atoms with Crippen LogP contribution in [0.3, 0.4) is 0 Å². The van der Waals surface area contributed by atoms with Crippen LogP contribution in [0.5, 0.6) is 5.75 Å². The van der Waals surface area contributed by atoms with E-state index in [1.807, 2.05) is 0 Å². The molecular weight excluding hydrogens is 299 g/mol. The summed E-state index contributed by atoms with van der Waals surface area (Å²) in [4.78, 5) is 10.4. The monoisotopic (exact) mass is 310 g/mol. The van der Waals surface area contributed by atoms with E-state index in [1.165, 1.54) is 37.4 Å². The van der Waals surface area contributed by atoms with Gasteiger partial charge in [0.25, 0.3) is 0 Å². The van der Waals surface area contributed by atoms with Crippen molar-refractivity contribution in [2.24, 2.45) is 0 Å². The van der Waals surface area contributed by atoms with Gasteiger partial charge in [-0.1, -0.05) is 11.6 Å². The van der Waals surface area contributed by atoms with Gasteiger partial charge in [-0.2, -0.15) is 0 Å². The van der Waals surface area contributed by atoms with Crippen LogP contribution in [0.2, 0.25) is 5.02 Å². The number of nitrogens with zero attached hydrogens (tertiary/aromatic N) is 1. The molecular formula is C14H12ClFN2O3. The molecule has 1 N–H and O–H groups in total. The fraction of sp³-hybridized carbons (Fsp3) is 0.143. The lowest BCUT2D eigenvalue weighted by Crippen LogP contribution is -2.03. The van der Waals surface area contributed by atoms with E-state index in [-0.39, 0.29) is 18.0 Å². The molecule has 0 amide bonds. The van der Waals surface area contributed by atoms with Gasteiger partial charge in [0, 0.05) is 28.9 Å². The van der Waals surface area contributed by atoms with E-state index in [0.29, 0.717) is 16.3 Å². The van der Waals surface area contributed by atoms with Crippen molar-refractivity contribution in [2.45, 2.75) is 6.54 Å². The number of hydrogen-bond acceptors (Lipinski definition) is 4. The van der Waals surface area contributed by atoms with Crippen LogP contribution in [0.15, 0.2) is 36.4 Å². The van der Waals surface area contributed by atoms with E-state index < -0.39 is 10.7 Å². The summed E-state index contributed by atoms with van der Waals surface area (Å²) >= 11 is 5.80. The molecule has 0 aliphatic heterocycles. The average Bonchev–Trinajstić information content (AvgIpc) is 2.47. The van der Waals surface area contributed by atoms with Crippen LogP contribution in [0, 0.1) is 15.9 Å². The first kappa shape index (κ1) is 15.1. The van der Waals surface area contributed by atoms with Gasteiger partial charge < -0.3 is 10.1 Å². The van der Waals surface area contributed by atoms with Crippen LogP contribution in [-0.4, -0.2) is 12.0 Å². The lowest BCUT2D eigenvalue weighted by atomic mass is 10.2. The Labute approximate surface area is 125 Å². The Morgan fingerprint density at radius 2 is 2.10 bits per heavy atom. The molecule has 0 bridgehead atoms. The first-order valence-electron chi connectivity index (χ1n) is 6.01. The second-order valence-electron chi connectivity index (χ2n) is 4.23. The molecule has 0 aliphatic rings. The molecule has 0 fully saturated rings. The number of anilines is 1. The van der Waals surface area contributed by atoms with E-state index in [1.54, 1.807) is 6.07 Å². The highest BCUT2D eigenvalue weighted by molar-refractivity contribution is 6.30. The van der Waals surface area contributed by atoms with Crippen molar-refractivity contribution in [1.29, 1.82) is 0 Å². The van der Waals surface area contributed by atoms with Crippen molar-refractivity contribution in [3.05, 3.63) is 62.9 Å². The van der Waals surface area contributed by atoms with E-state index in [2.05, 4.69) is 5.32 Å². The predicted octanol–water partition coefficient (Wildman–Crippen LogP) is 4.01. The molecule has 2 aromatic carbocycles. The number of nitrogens with one attached hydrogen (secondary N) is 1. The van der Waals surface area contributed by atoms with Crippen molar-refractivity contribution in [3.8, 4) is 5.75 Å². The molecule has 0 aromatic heterocycles. The van der Waals surface area contributed by atoms with Crippen LogP contribution in [0.25, 0.3) is 0 Å². The highest BCUT2D eigenvalue weighted by Crippen LogP contribution is 2.30. The van der Waals surface area contributed by atoms with Crippen LogP contribution in [-0.2, 0) is 6.54 Å². The third-order valence-corrected chi connectivity index (χ3v) is 3.10. The van der Waals surface area contributed by atoms with Crippen molar-refractivity contribution in [2.75, 3.05) is 12.4 Å². The Bertz CT molecular complexity index is 679. The first-order valence-corrected chi connectivity index (χ1v) is 6.39. The largest absolute Gasteiger partial charge is 0.490 e.